The molecular weight excluding hydrogens is 384 g/mol. The number of methoxy groups -OCH3 is 1. The van der Waals surface area contributed by atoms with Crippen molar-refractivity contribution in [2.75, 3.05) is 36.1 Å². The summed E-state index contributed by atoms with van der Waals surface area (Å²) < 4.78 is 5.43. The number of nitrogen functional groups attached to an aromatic ring is 1. The van der Waals surface area contributed by atoms with Crippen LogP contribution in [0.4, 0.5) is 28.7 Å². The third-order valence-corrected chi connectivity index (χ3v) is 5.15. The van der Waals surface area contributed by atoms with Crippen LogP contribution in [0.1, 0.15) is 6.42 Å². The molecule has 9 nitrogen and oxygen atoms in total. The Morgan fingerprint density at radius 1 is 1.23 bits per heavy atom. The number of benzene rings is 2. The topological polar surface area (TPSA) is 119 Å². The molecule has 2 heterocycles. The van der Waals surface area contributed by atoms with Gasteiger partial charge in [0.25, 0.3) is 5.69 Å². The summed E-state index contributed by atoms with van der Waals surface area (Å²) in [6.07, 6.45) is 2.92. The Labute approximate surface area is 173 Å². The summed E-state index contributed by atoms with van der Waals surface area (Å²) in [6.45, 7) is 1.87. The van der Waals surface area contributed by atoms with E-state index in [0.29, 0.717) is 17.2 Å². The predicted octanol–water partition coefficient (Wildman–Crippen LogP) is 3.60. The van der Waals surface area contributed by atoms with Gasteiger partial charge in [0.2, 0.25) is 5.95 Å². The molecule has 3 N–H and O–H groups in total. The average molecular weight is 406 g/mol. The van der Waals surface area contributed by atoms with Crippen LogP contribution in [-0.4, -0.2) is 41.2 Å². The van der Waals surface area contributed by atoms with Gasteiger partial charge in [-0.25, -0.2) is 9.97 Å². The van der Waals surface area contributed by atoms with E-state index in [1.54, 1.807) is 25.4 Å². The van der Waals surface area contributed by atoms with Crippen molar-refractivity contribution >= 4 is 28.7 Å². The largest absolute Gasteiger partial charge is 0.393 e. The molecule has 1 unspecified atom stereocenters. The Kier molecular flexibility index (Phi) is 5.44. The van der Waals surface area contributed by atoms with Crippen molar-refractivity contribution in [1.82, 2.24) is 9.97 Å². The van der Waals surface area contributed by atoms with Gasteiger partial charge in [0, 0.05) is 49.4 Å². The predicted molar refractivity (Wildman–Crippen MR) is 116 cm³/mol. The molecule has 0 amide bonds. The summed E-state index contributed by atoms with van der Waals surface area (Å²) in [6, 6.07) is 14.4. The van der Waals surface area contributed by atoms with Crippen LogP contribution in [0, 0.1) is 10.1 Å². The van der Waals surface area contributed by atoms with E-state index in [1.165, 1.54) is 12.1 Å². The quantitative estimate of drug-likeness (QED) is 0.362. The second kappa shape index (κ2) is 8.34. The molecule has 0 bridgehead atoms. The van der Waals surface area contributed by atoms with E-state index in [4.69, 9.17) is 10.5 Å². The minimum atomic E-state index is -0.504. The molecule has 1 aromatic heterocycles. The van der Waals surface area contributed by atoms with Crippen molar-refractivity contribution in [2.24, 2.45) is 0 Å². The fourth-order valence-electron chi connectivity index (χ4n) is 3.48. The number of nitro benzene ring substituents is 1. The maximum absolute atomic E-state index is 11.1. The first-order valence-corrected chi connectivity index (χ1v) is 9.55. The van der Waals surface area contributed by atoms with Crippen LogP contribution in [0.3, 0.4) is 0 Å². The van der Waals surface area contributed by atoms with Crippen LogP contribution in [0.5, 0.6) is 0 Å². The summed E-state index contributed by atoms with van der Waals surface area (Å²) in [7, 11) is 1.75. The van der Waals surface area contributed by atoms with Gasteiger partial charge in [0.15, 0.2) is 0 Å². The summed E-state index contributed by atoms with van der Waals surface area (Å²) in [5.74, 6) is 0.403. The Hall–Kier alpha value is -3.72. The highest BCUT2D eigenvalue weighted by Gasteiger charge is 2.22. The monoisotopic (exact) mass is 406 g/mol. The molecule has 9 heteroatoms. The van der Waals surface area contributed by atoms with Crippen molar-refractivity contribution in [1.29, 1.82) is 0 Å². The third kappa shape index (κ3) is 4.15. The fraction of sp³-hybridized carbons (Fsp3) is 0.238. The van der Waals surface area contributed by atoms with Gasteiger partial charge < -0.3 is 20.7 Å². The van der Waals surface area contributed by atoms with E-state index in [0.717, 1.165) is 30.9 Å². The molecule has 0 aliphatic carbocycles. The zero-order valence-corrected chi connectivity index (χ0v) is 16.5. The first-order valence-electron chi connectivity index (χ1n) is 9.55. The maximum Gasteiger partial charge on any atom is 0.292 e. The number of aromatic nitrogens is 2. The van der Waals surface area contributed by atoms with E-state index < -0.39 is 4.92 Å². The molecule has 1 fully saturated rings. The Bertz CT molecular complexity index is 1060. The molecule has 0 radical (unpaired) electrons. The molecule has 3 aromatic rings. The van der Waals surface area contributed by atoms with Crippen molar-refractivity contribution in [3.05, 3.63) is 64.8 Å². The lowest BCUT2D eigenvalue weighted by Gasteiger charge is -2.18. The number of anilines is 4. The SMILES string of the molecule is COC1CCN(c2ccc(Nc3nccc(-c4ccc(N)c([N+](=O)[O-])c4)n3)cc2)C1. The molecule has 4 rings (SSSR count). The number of hydrogen-bond donors (Lipinski definition) is 2. The highest BCUT2D eigenvalue weighted by molar-refractivity contribution is 5.71. The molecule has 1 saturated heterocycles. The molecule has 1 atom stereocenters. The first kappa shape index (κ1) is 19.6. The zero-order valence-electron chi connectivity index (χ0n) is 16.5. The molecule has 0 saturated carbocycles. The van der Waals surface area contributed by atoms with Gasteiger partial charge in [-0.15, -0.1) is 0 Å². The first-order chi connectivity index (χ1) is 14.5. The second-order valence-corrected chi connectivity index (χ2v) is 7.06. The molecule has 154 valence electrons. The minimum absolute atomic E-state index is 0.117. The van der Waals surface area contributed by atoms with Gasteiger partial charge in [0.05, 0.1) is 16.7 Å². The van der Waals surface area contributed by atoms with E-state index in [1.807, 2.05) is 24.3 Å². The van der Waals surface area contributed by atoms with Gasteiger partial charge in [-0.05, 0) is 42.8 Å². The van der Waals surface area contributed by atoms with Crippen molar-refractivity contribution in [3.63, 3.8) is 0 Å². The van der Waals surface area contributed by atoms with Crippen LogP contribution >= 0.6 is 0 Å². The fourth-order valence-corrected chi connectivity index (χ4v) is 3.48. The Morgan fingerprint density at radius 3 is 2.73 bits per heavy atom. The second-order valence-electron chi connectivity index (χ2n) is 7.06. The standard InChI is InChI=1S/C21H22N6O3/c1-30-17-9-11-26(13-17)16-5-3-15(4-6-16)24-21-23-10-8-19(25-21)14-2-7-18(22)20(12-14)27(28)29/h2-8,10,12,17H,9,11,13,22H2,1H3,(H,23,24,25). The molecule has 30 heavy (non-hydrogen) atoms. The normalized spacial score (nSPS) is 15.9. The van der Waals surface area contributed by atoms with Crippen LogP contribution in [0.25, 0.3) is 11.3 Å². The maximum atomic E-state index is 11.1. The van der Waals surface area contributed by atoms with Gasteiger partial charge in [-0.3, -0.25) is 10.1 Å². The summed E-state index contributed by atoms with van der Waals surface area (Å²) in [5.41, 5.74) is 8.80. The summed E-state index contributed by atoms with van der Waals surface area (Å²) >= 11 is 0. The molecule has 0 spiro atoms. The Morgan fingerprint density at radius 2 is 2.03 bits per heavy atom. The van der Waals surface area contributed by atoms with Crippen molar-refractivity contribution in [3.8, 4) is 11.3 Å². The molecule has 2 aromatic carbocycles. The number of hydrogen-bond acceptors (Lipinski definition) is 8. The minimum Gasteiger partial charge on any atom is -0.393 e. The van der Waals surface area contributed by atoms with E-state index >= 15 is 0 Å². The van der Waals surface area contributed by atoms with Gasteiger partial charge in [-0.2, -0.15) is 0 Å². The number of nitrogens with two attached hydrogens (primary N) is 1. The number of nitro groups is 1. The third-order valence-electron chi connectivity index (χ3n) is 5.15. The molecule has 1 aliphatic heterocycles. The molecular formula is C21H22N6O3. The zero-order chi connectivity index (χ0) is 21.1. The number of nitrogens with zero attached hydrogens (tertiary/aromatic N) is 4. The lowest BCUT2D eigenvalue weighted by Crippen LogP contribution is -2.21. The number of ether oxygens (including phenoxy) is 1. The Balaban J connectivity index is 1.50. The molecule has 1 aliphatic rings. The summed E-state index contributed by atoms with van der Waals surface area (Å²) in [5, 5.41) is 14.3. The van der Waals surface area contributed by atoms with Gasteiger partial charge in [0.1, 0.15) is 5.69 Å². The van der Waals surface area contributed by atoms with E-state index in [9.17, 15) is 10.1 Å². The lowest BCUT2D eigenvalue weighted by molar-refractivity contribution is -0.383. The average Bonchev–Trinajstić information content (AvgIpc) is 3.24. The highest BCUT2D eigenvalue weighted by Crippen LogP contribution is 2.29. The van der Waals surface area contributed by atoms with Crippen LogP contribution in [-0.2, 0) is 4.74 Å². The lowest BCUT2D eigenvalue weighted by atomic mass is 10.1. The van der Waals surface area contributed by atoms with Gasteiger partial charge >= 0.3 is 0 Å². The smallest absolute Gasteiger partial charge is 0.292 e. The number of rotatable bonds is 6. The van der Waals surface area contributed by atoms with E-state index in [-0.39, 0.29) is 17.5 Å². The summed E-state index contributed by atoms with van der Waals surface area (Å²) in [4.78, 5) is 21.7. The van der Waals surface area contributed by atoms with Crippen LogP contribution in [0.2, 0.25) is 0 Å². The van der Waals surface area contributed by atoms with E-state index in [2.05, 4.69) is 20.2 Å². The van der Waals surface area contributed by atoms with Gasteiger partial charge in [-0.1, -0.05) is 6.07 Å². The highest BCUT2D eigenvalue weighted by atomic mass is 16.6. The van der Waals surface area contributed by atoms with Crippen LogP contribution in [0.15, 0.2) is 54.7 Å². The van der Waals surface area contributed by atoms with Crippen molar-refractivity contribution in [2.45, 2.75) is 12.5 Å². The van der Waals surface area contributed by atoms with Crippen molar-refractivity contribution < 1.29 is 9.66 Å². The van der Waals surface area contributed by atoms with Crippen LogP contribution < -0.4 is 16.0 Å². The number of nitrogens with one attached hydrogen (secondary N) is 1.